The lowest BCUT2D eigenvalue weighted by Gasteiger charge is -2.20. The van der Waals surface area contributed by atoms with Crippen molar-refractivity contribution in [1.29, 1.82) is 0 Å². The molecular weight excluding hydrogens is 242 g/mol. The van der Waals surface area contributed by atoms with Crippen LogP contribution < -0.4 is 14.8 Å². The normalized spacial score (nSPS) is 10.9. The monoisotopic (exact) mass is 265 g/mol. The van der Waals surface area contributed by atoms with Crippen LogP contribution in [0.1, 0.15) is 33.6 Å². The van der Waals surface area contributed by atoms with Gasteiger partial charge in [-0.3, -0.25) is 4.79 Å². The quantitative estimate of drug-likeness (QED) is 0.805. The van der Waals surface area contributed by atoms with Crippen LogP contribution in [0.3, 0.4) is 0 Å². The van der Waals surface area contributed by atoms with E-state index in [2.05, 4.69) is 5.32 Å². The number of hydrogen-bond donors (Lipinski definition) is 1. The Labute approximate surface area is 115 Å². The summed E-state index contributed by atoms with van der Waals surface area (Å²) in [5, 5.41) is 2.92. The second kappa shape index (κ2) is 7.02. The Morgan fingerprint density at radius 1 is 1.21 bits per heavy atom. The number of hydrogen-bond acceptors (Lipinski definition) is 3. The molecule has 4 heteroatoms. The number of methoxy groups -OCH3 is 1. The zero-order valence-electron chi connectivity index (χ0n) is 12.2. The second-order valence-corrected chi connectivity index (χ2v) is 5.40. The Hall–Kier alpha value is -1.71. The van der Waals surface area contributed by atoms with Crippen LogP contribution in [-0.4, -0.2) is 25.2 Å². The van der Waals surface area contributed by atoms with E-state index in [-0.39, 0.29) is 11.4 Å². The lowest BCUT2D eigenvalue weighted by molar-refractivity contribution is -0.122. The zero-order chi connectivity index (χ0) is 14.3. The smallest absolute Gasteiger partial charge is 0.220 e. The van der Waals surface area contributed by atoms with Crippen molar-refractivity contribution in [2.45, 2.75) is 39.2 Å². The first-order valence-electron chi connectivity index (χ1n) is 6.49. The summed E-state index contributed by atoms with van der Waals surface area (Å²) < 4.78 is 10.8. The van der Waals surface area contributed by atoms with Gasteiger partial charge in [-0.05, 0) is 39.3 Å². The Morgan fingerprint density at radius 3 is 2.42 bits per heavy atom. The first kappa shape index (κ1) is 15.3. The minimum atomic E-state index is -0.180. The fourth-order valence-electron chi connectivity index (χ4n) is 1.63. The van der Waals surface area contributed by atoms with E-state index < -0.39 is 0 Å². The number of ether oxygens (including phenoxy) is 2. The molecule has 0 unspecified atom stereocenters. The molecule has 19 heavy (non-hydrogen) atoms. The van der Waals surface area contributed by atoms with Gasteiger partial charge < -0.3 is 14.8 Å². The number of rotatable bonds is 6. The molecule has 1 aromatic carbocycles. The van der Waals surface area contributed by atoms with Crippen LogP contribution in [0.5, 0.6) is 11.5 Å². The van der Waals surface area contributed by atoms with Crippen molar-refractivity contribution in [3.63, 3.8) is 0 Å². The molecule has 0 heterocycles. The van der Waals surface area contributed by atoms with Gasteiger partial charge in [0.05, 0.1) is 13.7 Å². The van der Waals surface area contributed by atoms with E-state index in [1.165, 1.54) is 0 Å². The Bertz CT molecular complexity index is 410. The van der Waals surface area contributed by atoms with Gasteiger partial charge in [-0.2, -0.15) is 0 Å². The van der Waals surface area contributed by atoms with Crippen molar-refractivity contribution < 1.29 is 14.3 Å². The molecule has 0 aliphatic carbocycles. The molecule has 0 fully saturated rings. The Kier molecular flexibility index (Phi) is 5.67. The lowest BCUT2D eigenvalue weighted by atomic mass is 10.1. The van der Waals surface area contributed by atoms with Gasteiger partial charge in [-0.25, -0.2) is 0 Å². The van der Waals surface area contributed by atoms with Gasteiger partial charge in [-0.15, -0.1) is 0 Å². The maximum Gasteiger partial charge on any atom is 0.220 e. The maximum absolute atomic E-state index is 11.6. The minimum Gasteiger partial charge on any atom is -0.493 e. The topological polar surface area (TPSA) is 47.6 Å². The van der Waals surface area contributed by atoms with Gasteiger partial charge in [0.2, 0.25) is 5.91 Å². The first-order chi connectivity index (χ1) is 8.92. The molecule has 0 saturated heterocycles. The number of nitrogens with one attached hydrogen (secondary N) is 1. The first-order valence-corrected chi connectivity index (χ1v) is 6.49. The summed E-state index contributed by atoms with van der Waals surface area (Å²) in [6, 6.07) is 7.49. The summed E-state index contributed by atoms with van der Waals surface area (Å²) in [6.07, 6.45) is 1.15. The van der Waals surface area contributed by atoms with Crippen molar-refractivity contribution in [3.05, 3.63) is 24.3 Å². The molecule has 0 aromatic heterocycles. The average Bonchev–Trinajstić information content (AvgIpc) is 2.33. The van der Waals surface area contributed by atoms with Crippen LogP contribution in [-0.2, 0) is 4.79 Å². The highest BCUT2D eigenvalue weighted by Gasteiger charge is 2.13. The molecule has 1 amide bonds. The number of amides is 1. The molecule has 1 rings (SSSR count). The zero-order valence-corrected chi connectivity index (χ0v) is 12.2. The van der Waals surface area contributed by atoms with Gasteiger partial charge in [0, 0.05) is 12.0 Å². The third-order valence-electron chi connectivity index (χ3n) is 2.39. The van der Waals surface area contributed by atoms with Gasteiger partial charge in [-0.1, -0.05) is 12.1 Å². The molecule has 1 N–H and O–H groups in total. The second-order valence-electron chi connectivity index (χ2n) is 5.40. The lowest BCUT2D eigenvalue weighted by Crippen LogP contribution is -2.40. The predicted molar refractivity (Wildman–Crippen MR) is 75.6 cm³/mol. The van der Waals surface area contributed by atoms with E-state index in [1.54, 1.807) is 7.11 Å². The van der Waals surface area contributed by atoms with Crippen molar-refractivity contribution >= 4 is 5.91 Å². The molecule has 4 nitrogen and oxygen atoms in total. The summed E-state index contributed by atoms with van der Waals surface area (Å²) in [4.78, 5) is 11.6. The van der Waals surface area contributed by atoms with E-state index in [1.807, 2.05) is 45.0 Å². The summed E-state index contributed by atoms with van der Waals surface area (Å²) >= 11 is 0. The standard InChI is InChI=1S/C15H23NO3/c1-15(2,3)16-14(17)10-7-11-19-13-9-6-5-8-12(13)18-4/h5-6,8-9H,7,10-11H2,1-4H3,(H,16,17). The number of benzene rings is 1. The molecule has 106 valence electrons. The van der Waals surface area contributed by atoms with Crippen LogP contribution in [0.15, 0.2) is 24.3 Å². The highest BCUT2D eigenvalue weighted by Crippen LogP contribution is 2.25. The highest BCUT2D eigenvalue weighted by atomic mass is 16.5. The summed E-state index contributed by atoms with van der Waals surface area (Å²) in [6.45, 7) is 6.40. The minimum absolute atomic E-state index is 0.0520. The van der Waals surface area contributed by atoms with Crippen LogP contribution in [0.4, 0.5) is 0 Å². The predicted octanol–water partition coefficient (Wildman–Crippen LogP) is 2.77. The third kappa shape index (κ3) is 6.13. The fraction of sp³-hybridized carbons (Fsp3) is 0.533. The molecular formula is C15H23NO3. The van der Waals surface area contributed by atoms with Gasteiger partial charge >= 0.3 is 0 Å². The maximum atomic E-state index is 11.6. The van der Waals surface area contributed by atoms with Crippen molar-refractivity contribution in [3.8, 4) is 11.5 Å². The Balaban J connectivity index is 2.29. The van der Waals surface area contributed by atoms with Crippen LogP contribution in [0.25, 0.3) is 0 Å². The number of carbonyl (C=O) groups is 1. The number of para-hydroxylation sites is 2. The van der Waals surface area contributed by atoms with Crippen LogP contribution in [0, 0.1) is 0 Å². The molecule has 0 aliphatic heterocycles. The Morgan fingerprint density at radius 2 is 1.84 bits per heavy atom. The van der Waals surface area contributed by atoms with E-state index in [0.29, 0.717) is 30.9 Å². The van der Waals surface area contributed by atoms with Gasteiger partial charge in [0.15, 0.2) is 11.5 Å². The van der Waals surface area contributed by atoms with E-state index in [9.17, 15) is 4.79 Å². The summed E-state index contributed by atoms with van der Waals surface area (Å²) in [5.74, 6) is 1.47. The van der Waals surface area contributed by atoms with Gasteiger partial charge in [0.25, 0.3) is 0 Å². The average molecular weight is 265 g/mol. The van der Waals surface area contributed by atoms with Crippen molar-refractivity contribution in [2.24, 2.45) is 0 Å². The molecule has 0 saturated carbocycles. The van der Waals surface area contributed by atoms with E-state index >= 15 is 0 Å². The van der Waals surface area contributed by atoms with Gasteiger partial charge in [0.1, 0.15) is 0 Å². The third-order valence-corrected chi connectivity index (χ3v) is 2.39. The molecule has 0 spiro atoms. The van der Waals surface area contributed by atoms with Crippen LogP contribution >= 0.6 is 0 Å². The molecule has 1 aromatic rings. The summed E-state index contributed by atoms with van der Waals surface area (Å²) in [5.41, 5.74) is -0.180. The molecule has 0 bridgehead atoms. The largest absolute Gasteiger partial charge is 0.493 e. The number of carbonyl (C=O) groups excluding carboxylic acids is 1. The van der Waals surface area contributed by atoms with Crippen molar-refractivity contribution in [1.82, 2.24) is 5.32 Å². The SMILES string of the molecule is COc1ccccc1OCCCC(=O)NC(C)(C)C. The fourth-order valence-corrected chi connectivity index (χ4v) is 1.63. The molecule has 0 radical (unpaired) electrons. The van der Waals surface area contributed by atoms with Crippen molar-refractivity contribution in [2.75, 3.05) is 13.7 Å². The van der Waals surface area contributed by atoms with E-state index in [0.717, 1.165) is 0 Å². The van der Waals surface area contributed by atoms with Crippen LogP contribution in [0.2, 0.25) is 0 Å². The van der Waals surface area contributed by atoms with E-state index in [4.69, 9.17) is 9.47 Å². The highest BCUT2D eigenvalue weighted by molar-refractivity contribution is 5.76. The molecule has 0 atom stereocenters. The molecule has 0 aliphatic rings. The summed E-state index contributed by atoms with van der Waals surface area (Å²) in [7, 11) is 1.61.